The van der Waals surface area contributed by atoms with Crippen LogP contribution in [0.5, 0.6) is 11.6 Å². The number of amides is 1. The number of halogens is 2. The number of nitriles is 1. The number of ether oxygens (including phenoxy) is 3. The summed E-state index contributed by atoms with van der Waals surface area (Å²) in [6.45, 7) is 5.62. The minimum Gasteiger partial charge on any atom is -0.489 e. The zero-order valence-electron chi connectivity index (χ0n) is 25.9. The van der Waals surface area contributed by atoms with Crippen LogP contribution in [0.25, 0.3) is 11.3 Å². The molecule has 15 heteroatoms. The molecule has 5 heterocycles. The molecule has 3 aliphatic heterocycles. The Morgan fingerprint density at radius 1 is 1.06 bits per heavy atom. The highest BCUT2D eigenvalue weighted by atomic mass is 19.3. The van der Waals surface area contributed by atoms with Crippen LogP contribution in [0.1, 0.15) is 18.4 Å². The second kappa shape index (κ2) is 14.4. The molecule has 1 amide bonds. The summed E-state index contributed by atoms with van der Waals surface area (Å²) >= 11 is 0. The lowest BCUT2D eigenvalue weighted by atomic mass is 10.1. The third-order valence-electron chi connectivity index (χ3n) is 8.68. The SMILES string of the molecule is COc1nc(Nc2cc(-c3ccc(OC4CCN(C(=O)[C@H](O)C(F)F)CC4)c(C#N)c3)ncn2)ccc1N1CCN(C2COC2)CC1. The summed E-state index contributed by atoms with van der Waals surface area (Å²) in [5, 5.41) is 22.5. The van der Waals surface area contributed by atoms with Gasteiger partial charge in [0, 0.05) is 63.7 Å². The van der Waals surface area contributed by atoms with E-state index in [0.29, 0.717) is 59.0 Å². The van der Waals surface area contributed by atoms with Crippen molar-refractivity contribution in [1.82, 2.24) is 24.8 Å². The number of hydrogen-bond donors (Lipinski definition) is 2. The first-order valence-electron chi connectivity index (χ1n) is 15.5. The second-order valence-electron chi connectivity index (χ2n) is 11.6. The summed E-state index contributed by atoms with van der Waals surface area (Å²) in [6.07, 6.45) is -3.60. The number of nitrogens with zero attached hydrogens (tertiary/aromatic N) is 7. The highest BCUT2D eigenvalue weighted by Crippen LogP contribution is 2.32. The zero-order valence-corrected chi connectivity index (χ0v) is 25.9. The molecule has 1 aromatic carbocycles. The van der Waals surface area contributed by atoms with Crippen molar-refractivity contribution in [2.45, 2.75) is 37.5 Å². The second-order valence-corrected chi connectivity index (χ2v) is 11.6. The largest absolute Gasteiger partial charge is 0.489 e. The lowest BCUT2D eigenvalue weighted by Gasteiger charge is -2.43. The van der Waals surface area contributed by atoms with Crippen molar-refractivity contribution < 1.29 is 32.9 Å². The molecule has 6 rings (SSSR count). The number of rotatable bonds is 10. The van der Waals surface area contributed by atoms with Gasteiger partial charge in [0.15, 0.2) is 6.10 Å². The maximum absolute atomic E-state index is 12.7. The number of benzene rings is 1. The number of piperazine rings is 1. The first kappa shape index (κ1) is 32.3. The van der Waals surface area contributed by atoms with Crippen LogP contribution in [0.15, 0.2) is 42.7 Å². The van der Waals surface area contributed by atoms with Crippen LogP contribution in [0.4, 0.5) is 26.1 Å². The molecule has 0 radical (unpaired) electrons. The van der Waals surface area contributed by atoms with Gasteiger partial charge in [-0.25, -0.2) is 18.7 Å². The maximum atomic E-state index is 12.7. The van der Waals surface area contributed by atoms with Crippen LogP contribution >= 0.6 is 0 Å². The van der Waals surface area contributed by atoms with Crippen LogP contribution in [-0.2, 0) is 9.53 Å². The lowest BCUT2D eigenvalue weighted by Crippen LogP contribution is -2.56. The summed E-state index contributed by atoms with van der Waals surface area (Å²) in [6, 6.07) is 13.5. The molecule has 3 fully saturated rings. The van der Waals surface area contributed by atoms with E-state index in [1.54, 1.807) is 31.4 Å². The third kappa shape index (κ3) is 7.35. The van der Waals surface area contributed by atoms with Gasteiger partial charge >= 0.3 is 0 Å². The number of piperidine rings is 1. The zero-order chi connectivity index (χ0) is 32.9. The lowest BCUT2D eigenvalue weighted by molar-refractivity contribution is -0.150. The number of aliphatic hydroxyl groups excluding tert-OH is 1. The molecule has 13 nitrogen and oxygen atoms in total. The van der Waals surface area contributed by atoms with Crippen LogP contribution in [0.3, 0.4) is 0 Å². The van der Waals surface area contributed by atoms with Crippen molar-refractivity contribution >= 4 is 23.2 Å². The van der Waals surface area contributed by atoms with E-state index in [1.807, 2.05) is 12.1 Å². The Labute approximate surface area is 270 Å². The number of likely N-dealkylation sites (tertiary alicyclic amines) is 1. The molecule has 2 N–H and O–H groups in total. The number of methoxy groups -OCH3 is 1. The van der Waals surface area contributed by atoms with Gasteiger partial charge in [-0.3, -0.25) is 9.69 Å². The normalized spacial score (nSPS) is 18.4. The fraction of sp³-hybridized carbons (Fsp3) is 0.469. The molecule has 0 bridgehead atoms. The summed E-state index contributed by atoms with van der Waals surface area (Å²) in [5.41, 5.74) is 2.48. The standard InChI is InChI=1S/C32H36F2N8O5/c1-45-31-25(41-12-10-40(11-13-41)22-17-46-18-22)3-5-27(39-31)38-28-15-24(36-19-37-28)20-2-4-26(21(14-20)16-35)47-23-6-8-42(9-7-23)32(44)29(43)30(33)34/h2-5,14-15,19,22-23,29-30,43H,6-13,17-18H2,1H3,(H,36,37,38,39)/t29-/m1/s1. The number of pyridine rings is 1. The smallest absolute Gasteiger partial charge is 0.273 e. The van der Waals surface area contributed by atoms with Gasteiger partial charge in [0.1, 0.15) is 41.6 Å². The minimum atomic E-state index is -3.13. The van der Waals surface area contributed by atoms with E-state index < -0.39 is 18.4 Å². The van der Waals surface area contributed by atoms with Gasteiger partial charge in [0.2, 0.25) is 5.88 Å². The molecule has 47 heavy (non-hydrogen) atoms. The molecule has 2 aromatic heterocycles. The monoisotopic (exact) mass is 650 g/mol. The first-order chi connectivity index (χ1) is 22.8. The highest BCUT2D eigenvalue weighted by molar-refractivity contribution is 5.81. The fourth-order valence-corrected chi connectivity index (χ4v) is 5.92. The molecule has 0 unspecified atom stereocenters. The summed E-state index contributed by atoms with van der Waals surface area (Å²) < 4.78 is 42.5. The maximum Gasteiger partial charge on any atom is 0.273 e. The van der Waals surface area contributed by atoms with E-state index in [1.165, 1.54) is 11.2 Å². The molecule has 0 aliphatic carbocycles. The third-order valence-corrected chi connectivity index (χ3v) is 8.68. The predicted octanol–water partition coefficient (Wildman–Crippen LogP) is 2.68. The van der Waals surface area contributed by atoms with Gasteiger partial charge in [0.25, 0.3) is 12.3 Å². The number of hydrogen-bond acceptors (Lipinski definition) is 12. The van der Waals surface area contributed by atoms with Crippen molar-refractivity contribution in [2.75, 3.05) is 69.8 Å². The summed E-state index contributed by atoms with van der Waals surface area (Å²) in [4.78, 5) is 31.4. The Morgan fingerprint density at radius 3 is 2.49 bits per heavy atom. The molecule has 0 spiro atoms. The number of aliphatic hydroxyl groups is 1. The van der Waals surface area contributed by atoms with Gasteiger partial charge < -0.3 is 34.4 Å². The van der Waals surface area contributed by atoms with E-state index in [0.717, 1.165) is 45.1 Å². The van der Waals surface area contributed by atoms with Gasteiger partial charge in [0.05, 0.1) is 37.6 Å². The molecule has 3 aromatic rings. The first-order valence-corrected chi connectivity index (χ1v) is 15.5. The average molecular weight is 651 g/mol. The molecule has 3 saturated heterocycles. The number of carbonyl (C=O) groups excluding carboxylic acids is 1. The Hall–Kier alpha value is -4.65. The Morgan fingerprint density at radius 2 is 1.83 bits per heavy atom. The Bertz CT molecular complexity index is 1600. The summed E-state index contributed by atoms with van der Waals surface area (Å²) in [5.74, 6) is 0.956. The van der Waals surface area contributed by atoms with Crippen molar-refractivity contribution in [2.24, 2.45) is 0 Å². The molecule has 248 valence electrons. The van der Waals surface area contributed by atoms with Crippen LogP contribution < -0.4 is 19.7 Å². The van der Waals surface area contributed by atoms with Crippen LogP contribution in [0, 0.1) is 11.3 Å². The topological polar surface area (TPSA) is 149 Å². The van der Waals surface area contributed by atoms with Gasteiger partial charge in [-0.2, -0.15) is 10.2 Å². The average Bonchev–Trinajstić information content (AvgIpc) is 3.07. The minimum absolute atomic E-state index is 0.168. The number of anilines is 3. The highest BCUT2D eigenvalue weighted by Gasteiger charge is 2.33. The quantitative estimate of drug-likeness (QED) is 0.332. The van der Waals surface area contributed by atoms with E-state index in [4.69, 9.17) is 14.2 Å². The Balaban J connectivity index is 1.08. The number of carbonyl (C=O) groups is 1. The van der Waals surface area contributed by atoms with Gasteiger partial charge in [-0.15, -0.1) is 0 Å². The molecule has 1 atom stereocenters. The molecular weight excluding hydrogens is 614 g/mol. The Kier molecular flexibility index (Phi) is 9.90. The number of alkyl halides is 2. The predicted molar refractivity (Wildman–Crippen MR) is 167 cm³/mol. The van der Waals surface area contributed by atoms with Crippen molar-refractivity contribution in [3.63, 3.8) is 0 Å². The van der Waals surface area contributed by atoms with E-state index in [2.05, 4.69) is 36.1 Å². The van der Waals surface area contributed by atoms with Gasteiger partial charge in [-0.05, 0) is 30.3 Å². The molecule has 0 saturated carbocycles. The fourth-order valence-electron chi connectivity index (χ4n) is 5.92. The number of nitrogens with one attached hydrogen (secondary N) is 1. The van der Waals surface area contributed by atoms with E-state index >= 15 is 0 Å². The number of aromatic nitrogens is 3. The van der Waals surface area contributed by atoms with Crippen LogP contribution in [-0.4, -0.2) is 120 Å². The van der Waals surface area contributed by atoms with Crippen molar-refractivity contribution in [1.29, 1.82) is 5.26 Å². The van der Waals surface area contributed by atoms with Gasteiger partial charge in [-0.1, -0.05) is 0 Å². The molecular formula is C32H36F2N8O5. The summed E-state index contributed by atoms with van der Waals surface area (Å²) in [7, 11) is 1.60. The van der Waals surface area contributed by atoms with Crippen molar-refractivity contribution in [3.05, 3.63) is 48.3 Å². The van der Waals surface area contributed by atoms with Crippen molar-refractivity contribution in [3.8, 4) is 29.0 Å². The van der Waals surface area contributed by atoms with Crippen LogP contribution in [0.2, 0.25) is 0 Å². The van der Waals surface area contributed by atoms with E-state index in [9.17, 15) is 23.9 Å². The molecule has 3 aliphatic rings. The van der Waals surface area contributed by atoms with E-state index in [-0.39, 0.29) is 19.2 Å².